The van der Waals surface area contributed by atoms with Gasteiger partial charge in [0.05, 0.1) is 18.3 Å². The number of carbonyl (C=O) groups is 1. The van der Waals surface area contributed by atoms with Crippen LogP contribution in [0.25, 0.3) is 28.2 Å². The van der Waals surface area contributed by atoms with Crippen molar-refractivity contribution < 1.29 is 4.79 Å². The van der Waals surface area contributed by atoms with Crippen molar-refractivity contribution in [1.29, 1.82) is 0 Å². The first-order chi connectivity index (χ1) is 16.8. The third kappa shape index (κ3) is 3.65. The number of fused-ring (bicyclic) bond motifs is 1. The van der Waals surface area contributed by atoms with Gasteiger partial charge < -0.3 is 4.90 Å². The van der Waals surface area contributed by atoms with E-state index in [2.05, 4.69) is 17.1 Å². The fraction of sp³-hybridized carbons (Fsp3) is 0.185. The number of aromatic nitrogens is 5. The van der Waals surface area contributed by atoms with Crippen molar-refractivity contribution in [3.63, 3.8) is 0 Å². The Balaban J connectivity index is 1.32. The minimum atomic E-state index is -0.0227. The fourth-order valence-electron chi connectivity index (χ4n) is 4.76. The summed E-state index contributed by atoms with van der Waals surface area (Å²) >= 11 is 0. The van der Waals surface area contributed by atoms with Crippen LogP contribution in [0.15, 0.2) is 91.4 Å². The Morgan fingerprint density at radius 3 is 2.44 bits per heavy atom. The lowest BCUT2D eigenvalue weighted by Crippen LogP contribution is -2.38. The molecule has 0 saturated carbocycles. The molecule has 1 aliphatic rings. The van der Waals surface area contributed by atoms with Gasteiger partial charge in [0.15, 0.2) is 5.65 Å². The molecule has 1 fully saturated rings. The molecule has 2 aromatic carbocycles. The van der Waals surface area contributed by atoms with Gasteiger partial charge in [-0.25, -0.2) is 9.50 Å². The second-order valence-corrected chi connectivity index (χ2v) is 8.56. The maximum atomic E-state index is 13.9. The number of rotatable bonds is 5. The van der Waals surface area contributed by atoms with Crippen LogP contribution < -0.4 is 0 Å². The van der Waals surface area contributed by atoms with Crippen molar-refractivity contribution in [2.45, 2.75) is 25.4 Å². The molecule has 3 aromatic heterocycles. The molecular weight excluding hydrogens is 424 g/mol. The van der Waals surface area contributed by atoms with Gasteiger partial charge >= 0.3 is 0 Å². The first-order valence-corrected chi connectivity index (χ1v) is 11.6. The Bertz CT molecular complexity index is 1440. The Morgan fingerprint density at radius 2 is 1.65 bits per heavy atom. The van der Waals surface area contributed by atoms with Crippen molar-refractivity contribution in [1.82, 2.24) is 29.3 Å². The number of hydrogen-bond acceptors (Lipinski definition) is 4. The topological polar surface area (TPSA) is 68.3 Å². The van der Waals surface area contributed by atoms with Gasteiger partial charge in [-0.3, -0.25) is 9.48 Å². The van der Waals surface area contributed by atoms with E-state index < -0.39 is 0 Å². The SMILES string of the molecule is O=C(c1c(-c2ccccc2)nn2cccnc12)N1CCC[C@H]1Cn1ccc(-c2ccccc2)n1. The highest BCUT2D eigenvalue weighted by molar-refractivity contribution is 6.05. The minimum absolute atomic E-state index is 0.0227. The monoisotopic (exact) mass is 448 g/mol. The summed E-state index contributed by atoms with van der Waals surface area (Å²) in [7, 11) is 0. The van der Waals surface area contributed by atoms with Crippen molar-refractivity contribution in [3.05, 3.63) is 97.0 Å². The number of likely N-dealkylation sites (tertiary alicyclic amines) is 1. The van der Waals surface area contributed by atoms with Gasteiger partial charge in [0.2, 0.25) is 0 Å². The van der Waals surface area contributed by atoms with E-state index in [-0.39, 0.29) is 11.9 Å². The zero-order valence-corrected chi connectivity index (χ0v) is 18.7. The van der Waals surface area contributed by atoms with Gasteiger partial charge in [-0.15, -0.1) is 0 Å². The Labute approximate surface area is 197 Å². The number of carbonyl (C=O) groups excluding carboxylic acids is 1. The van der Waals surface area contributed by atoms with Crippen LogP contribution in [-0.2, 0) is 6.54 Å². The maximum Gasteiger partial charge on any atom is 0.260 e. The highest BCUT2D eigenvalue weighted by Crippen LogP contribution is 2.30. The predicted molar refractivity (Wildman–Crippen MR) is 130 cm³/mol. The molecule has 0 radical (unpaired) electrons. The summed E-state index contributed by atoms with van der Waals surface area (Å²) < 4.78 is 3.64. The van der Waals surface area contributed by atoms with E-state index in [1.165, 1.54) is 0 Å². The zero-order chi connectivity index (χ0) is 22.9. The van der Waals surface area contributed by atoms with Gasteiger partial charge in [0, 0.05) is 36.3 Å². The summed E-state index contributed by atoms with van der Waals surface area (Å²) in [5.74, 6) is -0.0227. The standard InChI is InChI=1S/C27H24N6O/c34-27(24-25(21-11-5-2-6-12-21)30-33-17-8-15-28-26(24)33)32-16-7-13-22(32)19-31-18-14-23(29-31)20-9-3-1-4-10-20/h1-6,8-12,14-15,17-18,22H,7,13,16,19H2/t22-/m0/s1. The number of nitrogens with zero attached hydrogens (tertiary/aromatic N) is 6. The van der Waals surface area contributed by atoms with Gasteiger partial charge in [0.25, 0.3) is 5.91 Å². The fourth-order valence-corrected chi connectivity index (χ4v) is 4.76. The predicted octanol–water partition coefficient (Wildman–Crippen LogP) is 4.56. The Kier molecular flexibility index (Phi) is 5.14. The number of amides is 1. The summed E-state index contributed by atoms with van der Waals surface area (Å²) in [6.07, 6.45) is 7.45. The molecule has 4 heterocycles. The lowest BCUT2D eigenvalue weighted by molar-refractivity contribution is 0.0724. The molecule has 168 valence electrons. The first-order valence-electron chi connectivity index (χ1n) is 11.6. The van der Waals surface area contributed by atoms with Gasteiger partial charge in [-0.05, 0) is 25.0 Å². The molecule has 34 heavy (non-hydrogen) atoms. The Morgan fingerprint density at radius 1 is 0.882 bits per heavy atom. The Hall–Kier alpha value is -4.26. The molecule has 0 aliphatic carbocycles. The van der Waals surface area contributed by atoms with Crippen LogP contribution in [0.3, 0.4) is 0 Å². The van der Waals surface area contributed by atoms with Crippen LogP contribution in [0.1, 0.15) is 23.2 Å². The molecule has 1 amide bonds. The van der Waals surface area contributed by atoms with Crippen LogP contribution in [0.2, 0.25) is 0 Å². The lowest BCUT2D eigenvalue weighted by Gasteiger charge is -2.24. The number of hydrogen-bond donors (Lipinski definition) is 0. The molecule has 6 rings (SSSR count). The van der Waals surface area contributed by atoms with Gasteiger partial charge in [-0.1, -0.05) is 60.7 Å². The van der Waals surface area contributed by atoms with Crippen molar-refractivity contribution in [3.8, 4) is 22.5 Å². The normalized spacial score (nSPS) is 15.8. The van der Waals surface area contributed by atoms with E-state index in [0.29, 0.717) is 30.0 Å². The molecule has 7 nitrogen and oxygen atoms in total. The zero-order valence-electron chi connectivity index (χ0n) is 18.7. The van der Waals surface area contributed by atoms with Crippen LogP contribution in [0, 0.1) is 0 Å². The maximum absolute atomic E-state index is 13.9. The second-order valence-electron chi connectivity index (χ2n) is 8.56. The summed E-state index contributed by atoms with van der Waals surface area (Å²) in [5.41, 5.74) is 4.75. The van der Waals surface area contributed by atoms with E-state index in [4.69, 9.17) is 10.2 Å². The molecule has 1 saturated heterocycles. The van der Waals surface area contributed by atoms with Crippen molar-refractivity contribution >= 4 is 11.6 Å². The molecule has 0 unspecified atom stereocenters. The third-order valence-corrected chi connectivity index (χ3v) is 6.40. The first kappa shape index (κ1) is 20.4. The quantitative estimate of drug-likeness (QED) is 0.395. The van der Waals surface area contributed by atoms with Crippen molar-refractivity contribution in [2.75, 3.05) is 6.54 Å². The average Bonchev–Trinajstić information content (AvgIpc) is 3.64. The minimum Gasteiger partial charge on any atom is -0.334 e. The van der Waals surface area contributed by atoms with E-state index in [9.17, 15) is 4.79 Å². The summed E-state index contributed by atoms with van der Waals surface area (Å²) in [6, 6.07) is 23.9. The molecule has 0 bridgehead atoms. The highest BCUT2D eigenvalue weighted by Gasteiger charge is 2.34. The van der Waals surface area contributed by atoms with Crippen LogP contribution in [0.5, 0.6) is 0 Å². The molecule has 0 N–H and O–H groups in total. The third-order valence-electron chi connectivity index (χ3n) is 6.40. The van der Waals surface area contributed by atoms with E-state index >= 15 is 0 Å². The van der Waals surface area contributed by atoms with Crippen LogP contribution >= 0.6 is 0 Å². The van der Waals surface area contributed by atoms with Crippen LogP contribution in [-0.4, -0.2) is 47.8 Å². The summed E-state index contributed by atoms with van der Waals surface area (Å²) in [6.45, 7) is 1.38. The molecule has 1 aliphatic heterocycles. The highest BCUT2D eigenvalue weighted by atomic mass is 16.2. The average molecular weight is 449 g/mol. The van der Waals surface area contributed by atoms with E-state index in [1.54, 1.807) is 10.7 Å². The second kappa shape index (κ2) is 8.59. The number of benzene rings is 2. The van der Waals surface area contributed by atoms with Crippen molar-refractivity contribution in [2.24, 2.45) is 0 Å². The van der Waals surface area contributed by atoms with Gasteiger partial charge in [0.1, 0.15) is 11.3 Å². The summed E-state index contributed by atoms with van der Waals surface area (Å²) in [4.78, 5) is 20.4. The molecule has 0 spiro atoms. The van der Waals surface area contributed by atoms with E-state index in [0.717, 1.165) is 29.7 Å². The lowest BCUT2D eigenvalue weighted by atomic mass is 10.1. The molecular formula is C27H24N6O. The summed E-state index contributed by atoms with van der Waals surface area (Å²) in [5, 5.41) is 9.48. The van der Waals surface area contributed by atoms with Gasteiger partial charge in [-0.2, -0.15) is 10.2 Å². The molecule has 7 heteroatoms. The van der Waals surface area contributed by atoms with Crippen LogP contribution in [0.4, 0.5) is 0 Å². The largest absolute Gasteiger partial charge is 0.334 e. The molecule has 5 aromatic rings. The smallest absolute Gasteiger partial charge is 0.260 e. The van der Waals surface area contributed by atoms with E-state index in [1.807, 2.05) is 82.6 Å². The molecule has 1 atom stereocenters.